The number of hydrogen-bond donors (Lipinski definition) is 0. The zero-order valence-corrected chi connectivity index (χ0v) is 40.8. The number of para-hydroxylation sites is 2. The van der Waals surface area contributed by atoms with Gasteiger partial charge in [0.05, 0.1) is 17.1 Å². The lowest BCUT2D eigenvalue weighted by Gasteiger charge is -2.44. The van der Waals surface area contributed by atoms with E-state index in [0.29, 0.717) is 0 Å². The molecule has 0 radical (unpaired) electrons. The van der Waals surface area contributed by atoms with Crippen molar-refractivity contribution in [3.8, 4) is 33.4 Å². The minimum atomic E-state index is -0.0548. The van der Waals surface area contributed by atoms with E-state index in [-0.39, 0.29) is 12.1 Å². The lowest BCUT2D eigenvalue weighted by atomic mass is 9.36. The Morgan fingerprint density at radius 1 is 0.423 bits per heavy atom. The molecule has 0 saturated carbocycles. The van der Waals surface area contributed by atoms with Crippen LogP contribution >= 0.6 is 11.3 Å². The number of anilines is 9. The second-order valence-corrected chi connectivity index (χ2v) is 20.8. The van der Waals surface area contributed by atoms with Crippen molar-refractivity contribution in [3.63, 3.8) is 0 Å². The van der Waals surface area contributed by atoms with E-state index in [4.69, 9.17) is 0 Å². The highest BCUT2D eigenvalue weighted by atomic mass is 32.1. The fourth-order valence-corrected chi connectivity index (χ4v) is 12.4. The molecule has 0 unspecified atom stereocenters. The Hall–Kier alpha value is -8.38. The van der Waals surface area contributed by atoms with Crippen LogP contribution in [0.4, 0.5) is 51.2 Å². The van der Waals surface area contributed by atoms with Crippen LogP contribution in [-0.4, -0.2) is 6.71 Å². The van der Waals surface area contributed by atoms with Crippen LogP contribution < -0.4 is 30.4 Å². The van der Waals surface area contributed by atoms with Crippen LogP contribution in [0.15, 0.2) is 249 Å². The second-order valence-electron chi connectivity index (χ2n) is 19.7. The molecule has 10 aromatic carbocycles. The Morgan fingerprint density at radius 2 is 1.03 bits per heavy atom. The molecule has 338 valence electrons. The maximum Gasteiger partial charge on any atom is 0.264 e. The Kier molecular flexibility index (Phi) is 10.4. The standard InChI is InChI=1S/C66H50BN3S/c1-66(2,3)49-38-41-58(55(43-49)47-26-12-6-13-27-47)70-60-36-21-35-59-63(60)67(65-64(54-33-17-19-37-62(54)71-65)69(59)51-31-20-28-48(42-51)45-22-8-4-9-23-45)56-40-39-52(44-61(56)70)68(50-29-14-7-15-30-50)57-34-18-16-32-53(57)46-24-10-5-11-25-46/h4-44H,1-3H3. The first-order chi connectivity index (χ1) is 34.9. The lowest BCUT2D eigenvalue weighted by molar-refractivity contribution is 0.590. The molecule has 13 rings (SSSR count). The van der Waals surface area contributed by atoms with Crippen LogP contribution in [0.5, 0.6) is 0 Å². The van der Waals surface area contributed by atoms with Crippen molar-refractivity contribution < 1.29 is 0 Å². The topological polar surface area (TPSA) is 9.72 Å². The quantitative estimate of drug-likeness (QED) is 0.141. The van der Waals surface area contributed by atoms with E-state index in [1.165, 1.54) is 87.5 Å². The maximum absolute atomic E-state index is 2.59. The summed E-state index contributed by atoms with van der Waals surface area (Å²) in [4.78, 5) is 7.60. The molecule has 0 fully saturated rings. The van der Waals surface area contributed by atoms with E-state index in [0.717, 1.165) is 28.4 Å². The van der Waals surface area contributed by atoms with Gasteiger partial charge in [0.15, 0.2) is 0 Å². The molecule has 0 saturated heterocycles. The van der Waals surface area contributed by atoms with Gasteiger partial charge in [0, 0.05) is 60.1 Å². The summed E-state index contributed by atoms with van der Waals surface area (Å²) in [5.41, 5.74) is 21.4. The predicted molar refractivity (Wildman–Crippen MR) is 306 cm³/mol. The summed E-state index contributed by atoms with van der Waals surface area (Å²) < 4.78 is 2.64. The van der Waals surface area contributed by atoms with Gasteiger partial charge in [-0.2, -0.15) is 0 Å². The number of nitrogens with zero attached hydrogens (tertiary/aromatic N) is 3. The average molecular weight is 928 g/mol. The lowest BCUT2D eigenvalue weighted by Crippen LogP contribution is -2.60. The van der Waals surface area contributed by atoms with E-state index in [1.807, 2.05) is 11.3 Å². The molecule has 3 nitrogen and oxygen atoms in total. The fraction of sp³-hybridized carbons (Fsp3) is 0.0606. The van der Waals surface area contributed by atoms with E-state index in [9.17, 15) is 0 Å². The fourth-order valence-electron chi connectivity index (χ4n) is 11.1. The molecule has 0 N–H and O–H groups in total. The van der Waals surface area contributed by atoms with E-state index < -0.39 is 0 Å². The van der Waals surface area contributed by atoms with Gasteiger partial charge in [-0.15, -0.1) is 11.3 Å². The Labute approximate surface area is 421 Å². The Balaban J connectivity index is 1.11. The van der Waals surface area contributed by atoms with E-state index in [2.05, 4.69) is 284 Å². The zero-order chi connectivity index (χ0) is 47.6. The van der Waals surface area contributed by atoms with Crippen LogP contribution in [0.2, 0.25) is 0 Å². The van der Waals surface area contributed by atoms with Crippen LogP contribution in [0.25, 0.3) is 43.5 Å². The average Bonchev–Trinajstić information content (AvgIpc) is 3.81. The smallest absolute Gasteiger partial charge is 0.264 e. The van der Waals surface area contributed by atoms with Crippen molar-refractivity contribution >= 4 is 95.0 Å². The molecule has 0 amide bonds. The highest BCUT2D eigenvalue weighted by Crippen LogP contribution is 2.51. The number of benzene rings is 10. The van der Waals surface area contributed by atoms with Crippen LogP contribution in [-0.2, 0) is 5.41 Å². The van der Waals surface area contributed by atoms with Gasteiger partial charge >= 0.3 is 0 Å². The zero-order valence-electron chi connectivity index (χ0n) is 40.0. The minimum Gasteiger partial charge on any atom is -0.311 e. The first-order valence-corrected chi connectivity index (χ1v) is 25.4. The van der Waals surface area contributed by atoms with E-state index in [1.54, 1.807) is 0 Å². The van der Waals surface area contributed by atoms with Gasteiger partial charge < -0.3 is 14.7 Å². The summed E-state index contributed by atoms with van der Waals surface area (Å²) in [6.45, 7) is 6.91. The maximum atomic E-state index is 2.59. The Bertz CT molecular complexity index is 3770. The van der Waals surface area contributed by atoms with Crippen molar-refractivity contribution in [2.45, 2.75) is 26.2 Å². The second kappa shape index (κ2) is 17.2. The van der Waals surface area contributed by atoms with Gasteiger partial charge in [-0.1, -0.05) is 197 Å². The van der Waals surface area contributed by atoms with Crippen molar-refractivity contribution in [1.82, 2.24) is 0 Å². The number of thiophene rings is 1. The van der Waals surface area contributed by atoms with E-state index >= 15 is 0 Å². The first-order valence-electron chi connectivity index (χ1n) is 24.6. The number of fused-ring (bicyclic) bond motifs is 6. The van der Waals surface area contributed by atoms with Crippen molar-refractivity contribution in [2.75, 3.05) is 14.7 Å². The highest BCUT2D eigenvalue weighted by molar-refractivity contribution is 7.33. The molecule has 3 heterocycles. The molecule has 0 aliphatic carbocycles. The molecule has 0 atom stereocenters. The third-order valence-electron chi connectivity index (χ3n) is 14.4. The van der Waals surface area contributed by atoms with Crippen LogP contribution in [0.3, 0.4) is 0 Å². The van der Waals surface area contributed by atoms with Gasteiger partial charge in [0.2, 0.25) is 0 Å². The van der Waals surface area contributed by atoms with Gasteiger partial charge in [-0.25, -0.2) is 0 Å². The molecule has 5 heteroatoms. The first kappa shape index (κ1) is 42.7. The largest absolute Gasteiger partial charge is 0.311 e. The van der Waals surface area contributed by atoms with Gasteiger partial charge in [0.25, 0.3) is 6.71 Å². The van der Waals surface area contributed by atoms with Crippen molar-refractivity contribution in [3.05, 3.63) is 254 Å². The summed E-state index contributed by atoms with van der Waals surface area (Å²) in [6, 6.07) is 91.7. The highest BCUT2D eigenvalue weighted by Gasteiger charge is 2.45. The van der Waals surface area contributed by atoms with Gasteiger partial charge in [-0.05, 0) is 117 Å². The molecule has 2 aliphatic heterocycles. The Morgan fingerprint density at radius 3 is 1.76 bits per heavy atom. The molecule has 71 heavy (non-hydrogen) atoms. The molecule has 1 aromatic heterocycles. The SMILES string of the molecule is CC(C)(C)c1ccc(N2c3cc(N(c4ccccc4)c4ccccc4-c4ccccc4)ccc3B3c4sc5ccccc5c4N(c4cccc(-c5ccccc5)c4)c4cccc2c43)c(-c2ccccc2)c1. The molecule has 0 spiro atoms. The third kappa shape index (κ3) is 7.27. The predicted octanol–water partition coefficient (Wildman–Crippen LogP) is 16.8. The van der Waals surface area contributed by atoms with Crippen molar-refractivity contribution in [1.29, 1.82) is 0 Å². The molecule has 2 aliphatic rings. The normalized spacial score (nSPS) is 12.6. The molecular weight excluding hydrogens is 878 g/mol. The van der Waals surface area contributed by atoms with Gasteiger partial charge in [0.1, 0.15) is 0 Å². The summed E-state index contributed by atoms with van der Waals surface area (Å²) >= 11 is 1.94. The minimum absolute atomic E-state index is 0.0294. The van der Waals surface area contributed by atoms with Crippen LogP contribution in [0.1, 0.15) is 26.3 Å². The van der Waals surface area contributed by atoms with Crippen LogP contribution in [0, 0.1) is 0 Å². The summed E-state index contributed by atoms with van der Waals surface area (Å²) in [7, 11) is 0. The molecule has 11 aromatic rings. The number of hydrogen-bond acceptors (Lipinski definition) is 4. The summed E-state index contributed by atoms with van der Waals surface area (Å²) in [5.74, 6) is 0. The monoisotopic (exact) mass is 927 g/mol. The molecule has 0 bridgehead atoms. The van der Waals surface area contributed by atoms with Gasteiger partial charge in [-0.3, -0.25) is 0 Å². The van der Waals surface area contributed by atoms with Crippen molar-refractivity contribution in [2.24, 2.45) is 0 Å². The summed E-state index contributed by atoms with van der Waals surface area (Å²) in [5, 5.41) is 1.27. The number of rotatable bonds is 8. The molecular formula is C66H50BN3S. The third-order valence-corrected chi connectivity index (χ3v) is 15.6. The summed E-state index contributed by atoms with van der Waals surface area (Å²) in [6.07, 6.45) is 0.